The number of aryl methyl sites for hydroxylation is 2. The van der Waals surface area contributed by atoms with Crippen LogP contribution in [0, 0.1) is 12.7 Å². The molecule has 18 heavy (non-hydrogen) atoms. The lowest BCUT2D eigenvalue weighted by Gasteiger charge is -2.11. The summed E-state index contributed by atoms with van der Waals surface area (Å²) in [6, 6.07) is 8.28. The van der Waals surface area contributed by atoms with Crippen molar-refractivity contribution in [3.05, 3.63) is 47.4 Å². The predicted molar refractivity (Wildman–Crippen MR) is 72.0 cm³/mol. The minimum absolute atomic E-state index is 0.180. The van der Waals surface area contributed by atoms with Crippen molar-refractivity contribution in [2.75, 3.05) is 5.75 Å². The van der Waals surface area contributed by atoms with E-state index >= 15 is 0 Å². The molecule has 2 N–H and O–H groups in total. The zero-order chi connectivity index (χ0) is 13.1. The van der Waals surface area contributed by atoms with Crippen molar-refractivity contribution in [1.82, 2.24) is 9.78 Å². The van der Waals surface area contributed by atoms with Crippen LogP contribution in [0.2, 0.25) is 0 Å². The van der Waals surface area contributed by atoms with Crippen LogP contribution < -0.4 is 5.73 Å². The first-order valence-corrected chi connectivity index (χ1v) is 6.69. The Hall–Kier alpha value is -1.33. The van der Waals surface area contributed by atoms with Crippen molar-refractivity contribution in [1.29, 1.82) is 0 Å². The molecule has 0 saturated carbocycles. The van der Waals surface area contributed by atoms with Gasteiger partial charge in [0.1, 0.15) is 5.82 Å². The van der Waals surface area contributed by atoms with Crippen LogP contribution in [0.1, 0.15) is 17.3 Å². The number of halogens is 1. The van der Waals surface area contributed by atoms with Gasteiger partial charge in [0, 0.05) is 18.8 Å². The average molecular weight is 265 g/mol. The second-order valence-electron chi connectivity index (χ2n) is 4.22. The van der Waals surface area contributed by atoms with Gasteiger partial charge in [0.2, 0.25) is 0 Å². The van der Waals surface area contributed by atoms with Gasteiger partial charge in [-0.2, -0.15) is 5.10 Å². The van der Waals surface area contributed by atoms with Gasteiger partial charge in [0.15, 0.2) is 0 Å². The summed E-state index contributed by atoms with van der Waals surface area (Å²) in [5.74, 6) is 0.451. The van der Waals surface area contributed by atoms with Gasteiger partial charge in [-0.1, -0.05) is 12.1 Å². The molecule has 0 saturated heterocycles. The predicted octanol–water partition coefficient (Wildman–Crippen LogP) is 2.66. The molecule has 5 heteroatoms. The van der Waals surface area contributed by atoms with E-state index in [-0.39, 0.29) is 11.9 Å². The largest absolute Gasteiger partial charge is 0.323 e. The summed E-state index contributed by atoms with van der Waals surface area (Å²) in [6.07, 6.45) is 0. The molecule has 0 aliphatic rings. The SMILES string of the molecule is Cc1cc(SCC(N)c2cccc(F)c2)n(C)n1. The van der Waals surface area contributed by atoms with E-state index in [0.29, 0.717) is 5.75 Å². The average Bonchev–Trinajstić information content (AvgIpc) is 2.65. The van der Waals surface area contributed by atoms with E-state index in [1.54, 1.807) is 17.8 Å². The van der Waals surface area contributed by atoms with Gasteiger partial charge in [0.25, 0.3) is 0 Å². The fraction of sp³-hybridized carbons (Fsp3) is 0.308. The Morgan fingerprint density at radius 2 is 2.22 bits per heavy atom. The Kier molecular flexibility index (Phi) is 4.04. The molecule has 0 radical (unpaired) electrons. The van der Waals surface area contributed by atoms with Crippen LogP contribution in [-0.4, -0.2) is 15.5 Å². The van der Waals surface area contributed by atoms with E-state index in [1.165, 1.54) is 12.1 Å². The van der Waals surface area contributed by atoms with Crippen LogP contribution in [-0.2, 0) is 7.05 Å². The van der Waals surface area contributed by atoms with Gasteiger partial charge in [0.05, 0.1) is 10.7 Å². The van der Waals surface area contributed by atoms with Gasteiger partial charge in [-0.15, -0.1) is 11.8 Å². The minimum atomic E-state index is -0.246. The van der Waals surface area contributed by atoms with Crippen LogP contribution >= 0.6 is 11.8 Å². The summed E-state index contributed by atoms with van der Waals surface area (Å²) in [7, 11) is 1.91. The highest BCUT2D eigenvalue weighted by atomic mass is 32.2. The highest BCUT2D eigenvalue weighted by Gasteiger charge is 2.09. The molecule has 0 fully saturated rings. The molecule has 1 aromatic carbocycles. The second kappa shape index (κ2) is 5.54. The lowest BCUT2D eigenvalue weighted by Crippen LogP contribution is -2.13. The Labute approximate surface area is 110 Å². The van der Waals surface area contributed by atoms with E-state index in [1.807, 2.05) is 30.8 Å². The zero-order valence-corrected chi connectivity index (χ0v) is 11.2. The molecule has 3 nitrogen and oxygen atoms in total. The fourth-order valence-electron chi connectivity index (χ4n) is 1.73. The molecule has 96 valence electrons. The van der Waals surface area contributed by atoms with Crippen molar-refractivity contribution < 1.29 is 4.39 Å². The Morgan fingerprint density at radius 3 is 2.83 bits per heavy atom. The standard InChI is InChI=1S/C13H16FN3S/c1-9-6-13(17(2)16-9)18-8-12(15)10-4-3-5-11(14)7-10/h3-7,12H,8,15H2,1-2H3. The van der Waals surface area contributed by atoms with E-state index in [0.717, 1.165) is 16.3 Å². The zero-order valence-electron chi connectivity index (χ0n) is 10.4. The summed E-state index contributed by atoms with van der Waals surface area (Å²) in [5, 5.41) is 5.34. The molecule has 1 aromatic heterocycles. The minimum Gasteiger partial charge on any atom is -0.323 e. The summed E-state index contributed by atoms with van der Waals surface area (Å²) in [5.41, 5.74) is 7.86. The third kappa shape index (κ3) is 3.11. The number of hydrogen-bond acceptors (Lipinski definition) is 3. The highest BCUT2D eigenvalue weighted by molar-refractivity contribution is 7.99. The molecule has 0 aliphatic carbocycles. The third-order valence-electron chi connectivity index (χ3n) is 2.65. The number of nitrogens with zero attached hydrogens (tertiary/aromatic N) is 2. The van der Waals surface area contributed by atoms with Gasteiger partial charge < -0.3 is 5.73 Å². The summed E-state index contributed by atoms with van der Waals surface area (Å²) < 4.78 is 14.9. The molecular weight excluding hydrogens is 249 g/mol. The summed E-state index contributed by atoms with van der Waals surface area (Å²) >= 11 is 1.63. The summed E-state index contributed by atoms with van der Waals surface area (Å²) in [6.45, 7) is 1.95. The molecular formula is C13H16FN3S. The number of aromatic nitrogens is 2. The number of hydrogen-bond donors (Lipinski definition) is 1. The van der Waals surface area contributed by atoms with E-state index < -0.39 is 0 Å². The molecule has 1 unspecified atom stereocenters. The van der Waals surface area contributed by atoms with Gasteiger partial charge in [-0.05, 0) is 30.7 Å². The van der Waals surface area contributed by atoms with Crippen LogP contribution in [0.15, 0.2) is 35.4 Å². The van der Waals surface area contributed by atoms with Crippen LogP contribution in [0.5, 0.6) is 0 Å². The van der Waals surface area contributed by atoms with Crippen LogP contribution in [0.3, 0.4) is 0 Å². The van der Waals surface area contributed by atoms with Gasteiger partial charge in [-0.25, -0.2) is 4.39 Å². The van der Waals surface area contributed by atoms with Crippen molar-refractivity contribution in [2.45, 2.75) is 18.0 Å². The smallest absolute Gasteiger partial charge is 0.123 e. The lowest BCUT2D eigenvalue weighted by molar-refractivity contribution is 0.622. The number of rotatable bonds is 4. The van der Waals surface area contributed by atoms with Crippen LogP contribution in [0.4, 0.5) is 4.39 Å². The molecule has 2 rings (SSSR count). The molecule has 1 atom stereocenters. The number of nitrogens with two attached hydrogens (primary N) is 1. The first kappa shape index (κ1) is 13.1. The van der Waals surface area contributed by atoms with Crippen molar-refractivity contribution in [3.63, 3.8) is 0 Å². The van der Waals surface area contributed by atoms with Gasteiger partial charge >= 0.3 is 0 Å². The van der Waals surface area contributed by atoms with E-state index in [9.17, 15) is 4.39 Å². The molecule has 1 heterocycles. The number of thioether (sulfide) groups is 1. The first-order valence-electron chi connectivity index (χ1n) is 5.71. The maximum Gasteiger partial charge on any atom is 0.123 e. The maximum atomic E-state index is 13.1. The summed E-state index contributed by atoms with van der Waals surface area (Å²) in [4.78, 5) is 0. The second-order valence-corrected chi connectivity index (χ2v) is 5.26. The molecule has 0 amide bonds. The van der Waals surface area contributed by atoms with Crippen molar-refractivity contribution in [3.8, 4) is 0 Å². The Balaban J connectivity index is 2.00. The normalized spacial score (nSPS) is 12.7. The first-order chi connectivity index (χ1) is 8.56. The fourth-order valence-corrected chi connectivity index (χ4v) is 2.75. The lowest BCUT2D eigenvalue weighted by atomic mass is 10.1. The van der Waals surface area contributed by atoms with Gasteiger partial charge in [-0.3, -0.25) is 4.68 Å². The van der Waals surface area contributed by atoms with E-state index in [2.05, 4.69) is 5.10 Å². The maximum absolute atomic E-state index is 13.1. The molecule has 0 aliphatic heterocycles. The van der Waals surface area contributed by atoms with Crippen LogP contribution in [0.25, 0.3) is 0 Å². The Morgan fingerprint density at radius 1 is 1.44 bits per heavy atom. The monoisotopic (exact) mass is 265 g/mol. The molecule has 0 bridgehead atoms. The molecule has 2 aromatic rings. The van der Waals surface area contributed by atoms with Crippen molar-refractivity contribution in [2.24, 2.45) is 12.8 Å². The topological polar surface area (TPSA) is 43.8 Å². The highest BCUT2D eigenvalue weighted by Crippen LogP contribution is 2.23. The molecule has 0 spiro atoms. The number of benzene rings is 1. The Bertz CT molecular complexity index is 539. The third-order valence-corrected chi connectivity index (χ3v) is 3.85. The quantitative estimate of drug-likeness (QED) is 0.864. The van der Waals surface area contributed by atoms with E-state index in [4.69, 9.17) is 5.73 Å². The van der Waals surface area contributed by atoms with Crippen molar-refractivity contribution >= 4 is 11.8 Å².